The average Bonchev–Trinajstić information content (AvgIpc) is 2.98. The summed E-state index contributed by atoms with van der Waals surface area (Å²) in [4.78, 5) is 53.4. The molecule has 0 radical (unpaired) electrons. The Balaban J connectivity index is 2.68. The number of nitrogens with one attached hydrogen (secondary N) is 1. The SMILES string of the molecule is O=[N+]([O-])c1cc([N+](=O)[O-])c(Sc2nc([N+](=O)[O-])c([N+](=O)[O-])[nH]2)c([N+](=O)[O-])c1. The molecular formula is C9H3N7O10S. The molecule has 140 valence electrons. The van der Waals surface area contributed by atoms with Crippen molar-refractivity contribution in [3.8, 4) is 0 Å². The summed E-state index contributed by atoms with van der Waals surface area (Å²) >= 11 is 0.106. The molecule has 0 aliphatic carbocycles. The number of nitro groups is 5. The van der Waals surface area contributed by atoms with Crippen molar-refractivity contribution in [1.29, 1.82) is 0 Å². The highest BCUT2D eigenvalue weighted by molar-refractivity contribution is 7.99. The lowest BCUT2D eigenvalue weighted by molar-refractivity contribution is -0.427. The Hall–Kier alpha value is -4.22. The Kier molecular flexibility index (Phi) is 4.92. The van der Waals surface area contributed by atoms with Crippen LogP contribution < -0.4 is 0 Å². The van der Waals surface area contributed by atoms with Gasteiger partial charge in [0.25, 0.3) is 17.1 Å². The molecule has 27 heavy (non-hydrogen) atoms. The number of hydrogen-bond acceptors (Lipinski definition) is 12. The third-order valence-corrected chi connectivity index (χ3v) is 3.85. The van der Waals surface area contributed by atoms with Crippen molar-refractivity contribution < 1.29 is 24.6 Å². The largest absolute Gasteiger partial charge is 0.463 e. The van der Waals surface area contributed by atoms with Crippen LogP contribution in [-0.4, -0.2) is 34.6 Å². The predicted molar refractivity (Wildman–Crippen MR) is 82.4 cm³/mol. The van der Waals surface area contributed by atoms with Gasteiger partial charge in [0.2, 0.25) is 0 Å². The fraction of sp³-hybridized carbons (Fsp3) is 0. The second-order valence-corrected chi connectivity index (χ2v) is 5.41. The molecule has 0 fully saturated rings. The van der Waals surface area contributed by atoms with E-state index in [2.05, 4.69) is 4.98 Å². The van der Waals surface area contributed by atoms with Crippen LogP contribution in [0.1, 0.15) is 0 Å². The van der Waals surface area contributed by atoms with Crippen LogP contribution in [-0.2, 0) is 0 Å². The number of aromatic nitrogens is 2. The third-order valence-electron chi connectivity index (χ3n) is 2.84. The second-order valence-electron chi connectivity index (χ2n) is 4.41. The summed E-state index contributed by atoms with van der Waals surface area (Å²) in [6.45, 7) is 0. The van der Waals surface area contributed by atoms with Crippen molar-refractivity contribution in [3.05, 3.63) is 62.7 Å². The minimum absolute atomic E-state index is 0.106. The van der Waals surface area contributed by atoms with Gasteiger partial charge in [0.05, 0.1) is 26.9 Å². The lowest BCUT2D eigenvalue weighted by atomic mass is 10.2. The summed E-state index contributed by atoms with van der Waals surface area (Å²) in [6, 6.07) is 0.891. The Morgan fingerprint density at radius 1 is 0.778 bits per heavy atom. The van der Waals surface area contributed by atoms with E-state index in [1.165, 1.54) is 0 Å². The highest BCUT2D eigenvalue weighted by atomic mass is 32.2. The average molecular weight is 401 g/mol. The minimum Gasteiger partial charge on any atom is -0.358 e. The molecule has 0 aliphatic rings. The van der Waals surface area contributed by atoms with E-state index >= 15 is 0 Å². The van der Waals surface area contributed by atoms with E-state index in [0.717, 1.165) is 0 Å². The molecule has 18 heteroatoms. The fourth-order valence-corrected chi connectivity index (χ4v) is 2.75. The van der Waals surface area contributed by atoms with E-state index in [1.54, 1.807) is 0 Å². The first-order valence-corrected chi connectivity index (χ1v) is 7.02. The van der Waals surface area contributed by atoms with Gasteiger partial charge in [0.1, 0.15) is 0 Å². The number of benzene rings is 1. The lowest BCUT2D eigenvalue weighted by Gasteiger charge is -2.00. The summed E-state index contributed by atoms with van der Waals surface area (Å²) in [5.41, 5.74) is -3.04. The highest BCUT2D eigenvalue weighted by Gasteiger charge is 2.37. The third kappa shape index (κ3) is 3.73. The van der Waals surface area contributed by atoms with E-state index in [4.69, 9.17) is 0 Å². The Bertz CT molecular complexity index is 950. The molecule has 0 saturated carbocycles. The molecule has 0 atom stereocenters. The lowest BCUT2D eigenvalue weighted by Crippen LogP contribution is -2.00. The van der Waals surface area contributed by atoms with E-state index < -0.39 is 63.4 Å². The number of hydrogen-bond donors (Lipinski definition) is 1. The van der Waals surface area contributed by atoms with Crippen LogP contribution in [0.5, 0.6) is 0 Å². The Morgan fingerprint density at radius 3 is 1.63 bits per heavy atom. The maximum atomic E-state index is 11.2. The maximum Gasteiger partial charge on any atom is 0.463 e. The molecule has 0 aliphatic heterocycles. The van der Waals surface area contributed by atoms with Gasteiger partial charge < -0.3 is 20.2 Å². The molecule has 0 unspecified atom stereocenters. The zero-order valence-electron chi connectivity index (χ0n) is 12.3. The highest BCUT2D eigenvalue weighted by Crippen LogP contribution is 2.44. The monoisotopic (exact) mass is 401 g/mol. The number of non-ortho nitro benzene ring substituents is 1. The van der Waals surface area contributed by atoms with Crippen molar-refractivity contribution in [3.63, 3.8) is 0 Å². The van der Waals surface area contributed by atoms with Crippen molar-refractivity contribution in [1.82, 2.24) is 9.97 Å². The molecule has 0 saturated heterocycles. The molecule has 0 spiro atoms. The van der Waals surface area contributed by atoms with Gasteiger partial charge in [-0.2, -0.15) is 4.98 Å². The molecule has 1 aromatic heterocycles. The molecule has 2 rings (SSSR count). The van der Waals surface area contributed by atoms with Crippen molar-refractivity contribution in [2.45, 2.75) is 10.1 Å². The zero-order valence-corrected chi connectivity index (χ0v) is 13.1. The molecule has 0 amide bonds. The summed E-state index contributed by atoms with van der Waals surface area (Å²) in [6.07, 6.45) is 0. The van der Waals surface area contributed by atoms with E-state index in [1.807, 2.05) is 4.98 Å². The van der Waals surface area contributed by atoms with Gasteiger partial charge >= 0.3 is 16.8 Å². The number of rotatable bonds is 7. The van der Waals surface area contributed by atoms with Crippen molar-refractivity contribution in [2.24, 2.45) is 0 Å². The summed E-state index contributed by atoms with van der Waals surface area (Å²) in [5, 5.41) is 54.0. The van der Waals surface area contributed by atoms with Crippen molar-refractivity contribution >= 4 is 40.5 Å². The van der Waals surface area contributed by atoms with Crippen LogP contribution in [0.4, 0.5) is 28.7 Å². The normalized spacial score (nSPS) is 10.4. The van der Waals surface area contributed by atoms with E-state index in [9.17, 15) is 50.6 Å². The van der Waals surface area contributed by atoms with Crippen LogP contribution in [0.3, 0.4) is 0 Å². The van der Waals surface area contributed by atoms with E-state index in [-0.39, 0.29) is 11.8 Å². The topological polar surface area (TPSA) is 244 Å². The number of nitrogens with zero attached hydrogens (tertiary/aromatic N) is 6. The maximum absolute atomic E-state index is 11.2. The molecule has 2 aromatic rings. The molecule has 1 heterocycles. The standard InChI is InChI=1S/C9H3N7O10S/c17-12(18)3-1-4(13(19)20)6(5(2-3)14(21)22)27-9-10-7(15(23)24)8(11-9)16(25)26/h1-2H,(H,10,11). The van der Waals surface area contributed by atoms with E-state index in [0.29, 0.717) is 12.1 Å². The van der Waals surface area contributed by atoms with Gasteiger partial charge in [0, 0.05) is 16.7 Å². The molecule has 1 aromatic carbocycles. The van der Waals surface area contributed by atoms with Gasteiger partial charge in [-0.25, -0.2) is 0 Å². The predicted octanol–water partition coefficient (Wildman–Crippen LogP) is 2.10. The van der Waals surface area contributed by atoms with Crippen LogP contribution in [0.2, 0.25) is 0 Å². The first-order valence-electron chi connectivity index (χ1n) is 6.20. The zero-order chi connectivity index (χ0) is 20.5. The van der Waals surface area contributed by atoms with Gasteiger partial charge in [-0.1, -0.05) is 0 Å². The first-order chi connectivity index (χ1) is 12.5. The second kappa shape index (κ2) is 6.95. The molecular weight excluding hydrogens is 398 g/mol. The quantitative estimate of drug-likeness (QED) is 0.517. The number of imidazole rings is 1. The summed E-state index contributed by atoms with van der Waals surface area (Å²) < 4.78 is 0. The number of nitro benzene ring substituents is 3. The smallest absolute Gasteiger partial charge is 0.358 e. The van der Waals surface area contributed by atoms with Gasteiger partial charge in [0.15, 0.2) is 4.90 Å². The van der Waals surface area contributed by atoms with Gasteiger partial charge in [-0.15, -0.1) is 0 Å². The van der Waals surface area contributed by atoms with Crippen LogP contribution in [0, 0.1) is 50.6 Å². The van der Waals surface area contributed by atoms with Crippen molar-refractivity contribution in [2.75, 3.05) is 0 Å². The summed E-state index contributed by atoms with van der Waals surface area (Å²) in [5.74, 6) is -2.36. The van der Waals surface area contributed by atoms with Gasteiger partial charge in [-0.05, 0) is 9.85 Å². The fourth-order valence-electron chi connectivity index (χ4n) is 1.80. The molecule has 17 nitrogen and oxygen atoms in total. The molecule has 0 bridgehead atoms. The number of H-pyrrole nitrogens is 1. The first kappa shape index (κ1) is 19.1. The van der Waals surface area contributed by atoms with Crippen LogP contribution >= 0.6 is 11.8 Å². The molecule has 1 N–H and O–H groups in total. The Labute approximate surface area is 148 Å². The van der Waals surface area contributed by atoms with Crippen LogP contribution in [0.15, 0.2) is 22.2 Å². The number of aromatic amines is 1. The van der Waals surface area contributed by atoms with Crippen LogP contribution in [0.25, 0.3) is 0 Å². The summed E-state index contributed by atoms with van der Waals surface area (Å²) in [7, 11) is 0. The minimum atomic E-state index is -1.21. The van der Waals surface area contributed by atoms with Gasteiger partial charge in [-0.3, -0.25) is 30.3 Å². The Morgan fingerprint density at radius 2 is 1.30 bits per heavy atom.